The van der Waals surface area contributed by atoms with Crippen LogP contribution in [0.3, 0.4) is 0 Å². The Morgan fingerprint density at radius 1 is 1.21 bits per heavy atom. The fraction of sp³-hybridized carbons (Fsp3) is 0.647. The van der Waals surface area contributed by atoms with Gasteiger partial charge in [-0.3, -0.25) is 4.90 Å². The molecule has 2 atom stereocenters. The number of piperazine rings is 1. The normalized spacial score (nSPS) is 26.6. The van der Waals surface area contributed by atoms with Gasteiger partial charge in [-0.05, 0) is 24.3 Å². The van der Waals surface area contributed by atoms with Crippen LogP contribution in [0, 0.1) is 11.8 Å². The molecule has 0 radical (unpaired) electrons. The summed E-state index contributed by atoms with van der Waals surface area (Å²) in [6.45, 7) is 13.9. The van der Waals surface area contributed by atoms with Crippen molar-refractivity contribution in [2.45, 2.75) is 33.2 Å². The van der Waals surface area contributed by atoms with Gasteiger partial charge in [0.15, 0.2) is 0 Å². The predicted molar refractivity (Wildman–Crippen MR) is 82.2 cm³/mol. The summed E-state index contributed by atoms with van der Waals surface area (Å²) in [5, 5.41) is 3.70. The molecule has 1 N–H and O–H groups in total. The maximum absolute atomic E-state index is 3.70. The molecule has 19 heavy (non-hydrogen) atoms. The van der Waals surface area contributed by atoms with Gasteiger partial charge in [0.25, 0.3) is 0 Å². The van der Waals surface area contributed by atoms with Crippen LogP contribution in [0.5, 0.6) is 0 Å². The molecule has 2 heteroatoms. The summed E-state index contributed by atoms with van der Waals surface area (Å²) < 4.78 is 0. The number of rotatable bonds is 4. The molecule has 1 aromatic carbocycles. The Morgan fingerprint density at radius 3 is 2.53 bits per heavy atom. The Morgan fingerprint density at radius 2 is 1.89 bits per heavy atom. The number of nitrogens with one attached hydrogen (secondary N) is 1. The van der Waals surface area contributed by atoms with Crippen molar-refractivity contribution in [3.63, 3.8) is 0 Å². The zero-order valence-electron chi connectivity index (χ0n) is 12.8. The highest BCUT2D eigenvalue weighted by Crippen LogP contribution is 2.25. The van der Waals surface area contributed by atoms with Crippen LogP contribution >= 0.6 is 0 Å². The molecule has 0 aromatic heterocycles. The first-order chi connectivity index (χ1) is 9.01. The summed E-state index contributed by atoms with van der Waals surface area (Å²) in [5.41, 5.74) is 1.49. The van der Waals surface area contributed by atoms with E-state index in [9.17, 15) is 0 Å². The van der Waals surface area contributed by atoms with Crippen LogP contribution in [0.25, 0.3) is 0 Å². The smallest absolute Gasteiger partial charge is 0.0535 e. The SMILES string of the molecule is CC(C)C(C)CN1CCNC(C)(c2ccccc2)C1. The molecule has 0 amide bonds. The van der Waals surface area contributed by atoms with Crippen LogP contribution < -0.4 is 5.32 Å². The van der Waals surface area contributed by atoms with Gasteiger partial charge in [0, 0.05) is 26.2 Å². The minimum atomic E-state index is 0.0935. The van der Waals surface area contributed by atoms with Crippen molar-refractivity contribution in [3.05, 3.63) is 35.9 Å². The largest absolute Gasteiger partial charge is 0.305 e. The van der Waals surface area contributed by atoms with Crippen molar-refractivity contribution in [2.75, 3.05) is 26.2 Å². The second-order valence-corrected chi connectivity index (χ2v) is 6.58. The highest BCUT2D eigenvalue weighted by atomic mass is 15.2. The standard InChI is InChI=1S/C17H28N2/c1-14(2)15(3)12-19-11-10-18-17(4,13-19)16-8-6-5-7-9-16/h5-9,14-15,18H,10-13H2,1-4H3. The number of nitrogens with zero attached hydrogens (tertiary/aromatic N) is 1. The van der Waals surface area contributed by atoms with Crippen molar-refractivity contribution >= 4 is 0 Å². The van der Waals surface area contributed by atoms with Gasteiger partial charge < -0.3 is 5.32 Å². The van der Waals surface area contributed by atoms with E-state index in [1.54, 1.807) is 0 Å². The average molecular weight is 260 g/mol. The van der Waals surface area contributed by atoms with Crippen molar-refractivity contribution in [1.29, 1.82) is 0 Å². The molecule has 1 aromatic rings. The topological polar surface area (TPSA) is 15.3 Å². The summed E-state index contributed by atoms with van der Waals surface area (Å²) in [6.07, 6.45) is 0. The molecular formula is C17H28N2. The molecule has 0 aliphatic carbocycles. The minimum absolute atomic E-state index is 0.0935. The van der Waals surface area contributed by atoms with Crippen LogP contribution in [-0.4, -0.2) is 31.1 Å². The van der Waals surface area contributed by atoms with E-state index in [0.29, 0.717) is 0 Å². The average Bonchev–Trinajstić information content (AvgIpc) is 2.40. The van der Waals surface area contributed by atoms with E-state index >= 15 is 0 Å². The third-order valence-electron chi connectivity index (χ3n) is 4.58. The van der Waals surface area contributed by atoms with E-state index in [2.05, 4.69) is 68.2 Å². The third-order valence-corrected chi connectivity index (χ3v) is 4.58. The van der Waals surface area contributed by atoms with Gasteiger partial charge >= 0.3 is 0 Å². The summed E-state index contributed by atoms with van der Waals surface area (Å²) in [6, 6.07) is 10.8. The van der Waals surface area contributed by atoms with Gasteiger partial charge in [-0.2, -0.15) is 0 Å². The third kappa shape index (κ3) is 3.58. The Labute approximate surface area is 118 Å². The molecule has 0 saturated carbocycles. The van der Waals surface area contributed by atoms with Crippen LogP contribution in [-0.2, 0) is 5.54 Å². The monoisotopic (exact) mass is 260 g/mol. The first kappa shape index (κ1) is 14.5. The lowest BCUT2D eigenvalue weighted by Crippen LogP contribution is -2.57. The van der Waals surface area contributed by atoms with E-state index in [4.69, 9.17) is 0 Å². The van der Waals surface area contributed by atoms with Gasteiger partial charge in [0.1, 0.15) is 0 Å². The van der Waals surface area contributed by atoms with Gasteiger partial charge in [-0.15, -0.1) is 0 Å². The van der Waals surface area contributed by atoms with Crippen molar-refractivity contribution in [3.8, 4) is 0 Å². The fourth-order valence-electron chi connectivity index (χ4n) is 2.85. The Bertz CT molecular complexity index is 388. The first-order valence-corrected chi connectivity index (χ1v) is 7.54. The van der Waals surface area contributed by atoms with Crippen LogP contribution in [0.15, 0.2) is 30.3 Å². The highest BCUT2D eigenvalue weighted by molar-refractivity contribution is 5.24. The number of benzene rings is 1. The molecule has 2 rings (SSSR count). The first-order valence-electron chi connectivity index (χ1n) is 7.54. The highest BCUT2D eigenvalue weighted by Gasteiger charge is 2.32. The molecule has 2 nitrogen and oxygen atoms in total. The summed E-state index contributed by atoms with van der Waals surface area (Å²) in [5.74, 6) is 1.52. The molecule has 1 fully saturated rings. The Kier molecular flexibility index (Phi) is 4.64. The zero-order valence-corrected chi connectivity index (χ0v) is 12.8. The molecule has 0 spiro atoms. The molecule has 106 valence electrons. The Hall–Kier alpha value is -0.860. The predicted octanol–water partition coefficient (Wildman–Crippen LogP) is 3.10. The van der Waals surface area contributed by atoms with Crippen LogP contribution in [0.2, 0.25) is 0 Å². The van der Waals surface area contributed by atoms with E-state index < -0.39 is 0 Å². The van der Waals surface area contributed by atoms with E-state index in [0.717, 1.165) is 24.9 Å². The van der Waals surface area contributed by atoms with Gasteiger partial charge in [-0.1, -0.05) is 51.1 Å². The maximum Gasteiger partial charge on any atom is 0.0535 e. The van der Waals surface area contributed by atoms with E-state index in [1.807, 2.05) is 0 Å². The molecular weight excluding hydrogens is 232 g/mol. The van der Waals surface area contributed by atoms with Crippen molar-refractivity contribution in [1.82, 2.24) is 10.2 Å². The summed E-state index contributed by atoms with van der Waals surface area (Å²) in [4.78, 5) is 2.62. The molecule has 1 saturated heterocycles. The second-order valence-electron chi connectivity index (χ2n) is 6.58. The van der Waals surface area contributed by atoms with Crippen LogP contribution in [0.1, 0.15) is 33.3 Å². The Balaban J connectivity index is 2.04. The van der Waals surface area contributed by atoms with Gasteiger partial charge in [0.05, 0.1) is 5.54 Å². The molecule has 2 unspecified atom stereocenters. The van der Waals surface area contributed by atoms with Gasteiger partial charge in [0.2, 0.25) is 0 Å². The lowest BCUT2D eigenvalue weighted by Gasteiger charge is -2.43. The molecule has 0 bridgehead atoms. The second kappa shape index (κ2) is 6.06. The summed E-state index contributed by atoms with van der Waals surface area (Å²) >= 11 is 0. The fourth-order valence-corrected chi connectivity index (χ4v) is 2.85. The molecule has 1 aliphatic rings. The molecule has 1 heterocycles. The lowest BCUT2D eigenvalue weighted by molar-refractivity contribution is 0.118. The maximum atomic E-state index is 3.70. The van der Waals surface area contributed by atoms with Crippen LogP contribution in [0.4, 0.5) is 0 Å². The quantitative estimate of drug-likeness (QED) is 0.895. The number of hydrogen-bond donors (Lipinski definition) is 1. The van der Waals surface area contributed by atoms with Gasteiger partial charge in [-0.25, -0.2) is 0 Å². The lowest BCUT2D eigenvalue weighted by atomic mass is 9.88. The van der Waals surface area contributed by atoms with E-state index in [-0.39, 0.29) is 5.54 Å². The van der Waals surface area contributed by atoms with E-state index in [1.165, 1.54) is 18.7 Å². The minimum Gasteiger partial charge on any atom is -0.305 e. The summed E-state index contributed by atoms with van der Waals surface area (Å²) in [7, 11) is 0. The zero-order chi connectivity index (χ0) is 13.9. The van der Waals surface area contributed by atoms with Crippen molar-refractivity contribution < 1.29 is 0 Å². The molecule has 1 aliphatic heterocycles. The van der Waals surface area contributed by atoms with Crippen molar-refractivity contribution in [2.24, 2.45) is 11.8 Å². The number of hydrogen-bond acceptors (Lipinski definition) is 2.